The molecule has 0 fully saturated rings. The van der Waals surface area contributed by atoms with Crippen molar-refractivity contribution in [2.45, 2.75) is 6.92 Å². The first-order valence-corrected chi connectivity index (χ1v) is 8.87. The lowest BCUT2D eigenvalue weighted by Crippen LogP contribution is -2.29. The Balaban J connectivity index is 1.80. The molecule has 0 saturated heterocycles. The van der Waals surface area contributed by atoms with E-state index in [1.807, 2.05) is 31.3 Å². The number of hydrogen-bond acceptors (Lipinski definition) is 1. The van der Waals surface area contributed by atoms with Gasteiger partial charge in [-0.2, -0.15) is 4.57 Å². The summed E-state index contributed by atoms with van der Waals surface area (Å²) in [6.45, 7) is 2.07. The highest BCUT2D eigenvalue weighted by molar-refractivity contribution is 6.06. The summed E-state index contributed by atoms with van der Waals surface area (Å²) in [5.74, 6) is 0.792. The van der Waals surface area contributed by atoms with E-state index in [-0.39, 0.29) is 5.82 Å². The maximum atomic E-state index is 13.6. The zero-order valence-corrected chi connectivity index (χ0v) is 15.1. The average molecular weight is 357 g/mol. The number of imidazole rings is 1. The maximum absolute atomic E-state index is 13.6. The van der Waals surface area contributed by atoms with Gasteiger partial charge in [0, 0.05) is 16.8 Å². The third kappa shape index (κ3) is 2.45. The lowest BCUT2D eigenvalue weighted by atomic mass is 10.0. The number of para-hydroxylation sites is 1. The SMILES string of the molecule is Cc1cc2oc3cc(F)ccc3c2cc1-c1n(-c2ccccc2)cc[n+]1C. The monoisotopic (exact) mass is 357 g/mol. The average Bonchev–Trinajstić information content (AvgIpc) is 3.21. The van der Waals surface area contributed by atoms with E-state index in [0.29, 0.717) is 5.58 Å². The van der Waals surface area contributed by atoms with E-state index < -0.39 is 0 Å². The van der Waals surface area contributed by atoms with Crippen molar-refractivity contribution < 1.29 is 13.4 Å². The molecule has 0 aliphatic carbocycles. The van der Waals surface area contributed by atoms with Gasteiger partial charge in [0.05, 0.1) is 12.6 Å². The van der Waals surface area contributed by atoms with Crippen LogP contribution in [0.25, 0.3) is 39.0 Å². The van der Waals surface area contributed by atoms with Crippen LogP contribution in [-0.4, -0.2) is 4.57 Å². The third-order valence-electron chi connectivity index (χ3n) is 5.06. The molecule has 3 nitrogen and oxygen atoms in total. The molecule has 0 aliphatic heterocycles. The maximum Gasteiger partial charge on any atom is 0.294 e. The number of nitrogens with zero attached hydrogens (tertiary/aromatic N) is 2. The minimum atomic E-state index is -0.289. The van der Waals surface area contributed by atoms with E-state index in [4.69, 9.17) is 4.42 Å². The predicted molar refractivity (Wildman–Crippen MR) is 104 cm³/mol. The second-order valence-corrected chi connectivity index (χ2v) is 6.84. The molecule has 132 valence electrons. The molecule has 0 bridgehead atoms. The van der Waals surface area contributed by atoms with E-state index in [9.17, 15) is 4.39 Å². The van der Waals surface area contributed by atoms with Crippen LogP contribution in [0.1, 0.15) is 5.56 Å². The van der Waals surface area contributed by atoms with Crippen molar-refractivity contribution in [3.05, 3.63) is 84.4 Å². The Bertz CT molecular complexity index is 1300. The zero-order valence-electron chi connectivity index (χ0n) is 15.1. The molecule has 0 atom stereocenters. The van der Waals surface area contributed by atoms with Crippen LogP contribution < -0.4 is 4.57 Å². The fraction of sp³-hybridized carbons (Fsp3) is 0.0870. The highest BCUT2D eigenvalue weighted by atomic mass is 19.1. The minimum absolute atomic E-state index is 0.289. The van der Waals surface area contributed by atoms with Gasteiger partial charge in [-0.25, -0.2) is 8.96 Å². The minimum Gasteiger partial charge on any atom is -0.456 e. The molecule has 0 saturated carbocycles. The number of hydrogen-bond donors (Lipinski definition) is 0. The van der Waals surface area contributed by atoms with Crippen molar-refractivity contribution >= 4 is 21.9 Å². The summed E-state index contributed by atoms with van der Waals surface area (Å²) in [5.41, 5.74) is 4.67. The number of aromatic nitrogens is 2. The number of rotatable bonds is 2. The Labute approximate surface area is 155 Å². The van der Waals surface area contributed by atoms with Gasteiger partial charge < -0.3 is 4.42 Å². The van der Waals surface area contributed by atoms with E-state index >= 15 is 0 Å². The summed E-state index contributed by atoms with van der Waals surface area (Å²) in [6.07, 6.45) is 4.12. The van der Waals surface area contributed by atoms with Crippen molar-refractivity contribution in [1.29, 1.82) is 0 Å². The van der Waals surface area contributed by atoms with E-state index in [2.05, 4.69) is 46.7 Å². The van der Waals surface area contributed by atoms with Gasteiger partial charge in [0.1, 0.15) is 35.1 Å². The van der Waals surface area contributed by atoms with Gasteiger partial charge in [-0.3, -0.25) is 0 Å². The fourth-order valence-electron chi connectivity index (χ4n) is 3.73. The van der Waals surface area contributed by atoms with Crippen LogP contribution in [0, 0.1) is 12.7 Å². The third-order valence-corrected chi connectivity index (χ3v) is 5.06. The Morgan fingerprint density at radius 2 is 1.70 bits per heavy atom. The van der Waals surface area contributed by atoms with Gasteiger partial charge in [-0.05, 0) is 48.9 Å². The Morgan fingerprint density at radius 3 is 2.52 bits per heavy atom. The second-order valence-electron chi connectivity index (χ2n) is 6.84. The van der Waals surface area contributed by atoms with Crippen LogP contribution in [0.4, 0.5) is 4.39 Å². The summed E-state index contributed by atoms with van der Waals surface area (Å²) in [6, 6.07) is 19.1. The molecular weight excluding hydrogens is 339 g/mol. The summed E-state index contributed by atoms with van der Waals surface area (Å²) in [5, 5.41) is 1.92. The smallest absolute Gasteiger partial charge is 0.294 e. The quantitative estimate of drug-likeness (QED) is 0.392. The van der Waals surface area contributed by atoms with Gasteiger partial charge in [0.15, 0.2) is 0 Å². The summed E-state index contributed by atoms with van der Waals surface area (Å²) >= 11 is 0. The number of furan rings is 1. The largest absolute Gasteiger partial charge is 0.456 e. The molecule has 5 rings (SSSR count). The molecule has 2 aromatic heterocycles. The van der Waals surface area contributed by atoms with E-state index in [1.165, 1.54) is 12.1 Å². The molecule has 0 spiro atoms. The Kier molecular flexibility index (Phi) is 3.41. The molecule has 0 unspecified atom stereocenters. The molecule has 4 heteroatoms. The second kappa shape index (κ2) is 5.81. The van der Waals surface area contributed by atoms with Crippen LogP contribution in [0.15, 0.2) is 77.5 Å². The molecular formula is C23H18FN2O+. The van der Waals surface area contributed by atoms with Crippen LogP contribution in [0.3, 0.4) is 0 Å². The molecule has 0 radical (unpaired) electrons. The van der Waals surface area contributed by atoms with Crippen LogP contribution in [-0.2, 0) is 7.05 Å². The van der Waals surface area contributed by atoms with Gasteiger partial charge in [0.25, 0.3) is 5.82 Å². The highest BCUT2D eigenvalue weighted by Gasteiger charge is 2.22. The van der Waals surface area contributed by atoms with Crippen LogP contribution >= 0.6 is 0 Å². The lowest BCUT2D eigenvalue weighted by Gasteiger charge is -2.06. The van der Waals surface area contributed by atoms with Crippen molar-refractivity contribution in [1.82, 2.24) is 4.57 Å². The van der Waals surface area contributed by atoms with Crippen molar-refractivity contribution in [3.63, 3.8) is 0 Å². The van der Waals surface area contributed by atoms with Gasteiger partial charge >= 0.3 is 0 Å². The highest BCUT2D eigenvalue weighted by Crippen LogP contribution is 2.34. The number of halogens is 1. The standard InChI is InChI=1S/C23H18FN2O/c1-15-12-21-20(18-9-8-16(24)13-22(18)27-21)14-19(15)23-25(2)10-11-26(23)17-6-4-3-5-7-17/h3-14H,1-2H3/q+1. The number of fused-ring (bicyclic) bond motifs is 3. The van der Waals surface area contributed by atoms with Gasteiger partial charge in [-0.15, -0.1) is 0 Å². The summed E-state index contributed by atoms with van der Waals surface area (Å²) < 4.78 is 23.7. The van der Waals surface area contributed by atoms with Crippen molar-refractivity contribution in [2.75, 3.05) is 0 Å². The first kappa shape index (κ1) is 15.8. The first-order chi connectivity index (χ1) is 13.1. The van der Waals surface area contributed by atoms with Gasteiger partial charge in [0.2, 0.25) is 0 Å². The lowest BCUT2D eigenvalue weighted by molar-refractivity contribution is -0.659. The van der Waals surface area contributed by atoms with Crippen molar-refractivity contribution in [2.24, 2.45) is 7.05 Å². The topological polar surface area (TPSA) is 21.9 Å². The number of aryl methyl sites for hydroxylation is 2. The van der Waals surface area contributed by atoms with Gasteiger partial charge in [-0.1, -0.05) is 18.2 Å². The summed E-state index contributed by atoms with van der Waals surface area (Å²) in [7, 11) is 2.04. The first-order valence-electron chi connectivity index (χ1n) is 8.87. The summed E-state index contributed by atoms with van der Waals surface area (Å²) in [4.78, 5) is 0. The molecule has 5 aromatic rings. The molecule has 2 heterocycles. The number of benzene rings is 3. The predicted octanol–water partition coefficient (Wildman–Crippen LogP) is 5.32. The zero-order chi connectivity index (χ0) is 18.5. The molecule has 3 aromatic carbocycles. The van der Waals surface area contributed by atoms with Crippen LogP contribution in [0.5, 0.6) is 0 Å². The molecule has 0 aliphatic rings. The van der Waals surface area contributed by atoms with E-state index in [1.54, 1.807) is 6.07 Å². The normalized spacial score (nSPS) is 11.5. The van der Waals surface area contributed by atoms with Crippen LogP contribution in [0.2, 0.25) is 0 Å². The van der Waals surface area contributed by atoms with Crippen molar-refractivity contribution in [3.8, 4) is 17.1 Å². The Morgan fingerprint density at radius 1 is 0.926 bits per heavy atom. The molecule has 0 amide bonds. The Hall–Kier alpha value is -3.40. The van der Waals surface area contributed by atoms with E-state index in [0.717, 1.165) is 39.0 Å². The fourth-order valence-corrected chi connectivity index (χ4v) is 3.73. The molecule has 27 heavy (non-hydrogen) atoms. The molecule has 0 N–H and O–H groups in total.